The molecule has 0 aromatic heterocycles. The van der Waals surface area contributed by atoms with Gasteiger partial charge in [-0.05, 0) is 61.8 Å². The Hall–Kier alpha value is -2.14. The Balaban J connectivity index is 1.60. The largest absolute Gasteiger partial charge is 0.494 e. The maximum absolute atomic E-state index is 11.4. The third-order valence-electron chi connectivity index (χ3n) is 5.69. The number of ether oxygens (including phenoxy) is 1. The summed E-state index contributed by atoms with van der Waals surface area (Å²) in [6.45, 7) is 0.791. The van der Waals surface area contributed by atoms with Gasteiger partial charge >= 0.3 is 0 Å². The fraction of sp³-hybridized carbons (Fsp3) is 0.440. The van der Waals surface area contributed by atoms with Crippen molar-refractivity contribution in [2.24, 2.45) is 0 Å². The highest BCUT2D eigenvalue weighted by Crippen LogP contribution is 2.43. The van der Waals surface area contributed by atoms with E-state index in [1.807, 2.05) is 48.5 Å². The van der Waals surface area contributed by atoms with Crippen molar-refractivity contribution in [3.8, 4) is 5.75 Å². The van der Waals surface area contributed by atoms with Crippen LogP contribution in [0.15, 0.2) is 66.7 Å². The van der Waals surface area contributed by atoms with E-state index in [4.69, 9.17) is 9.84 Å². The first kappa shape index (κ1) is 21.6. The second kappa shape index (κ2) is 10.6. The summed E-state index contributed by atoms with van der Waals surface area (Å²) in [5, 5.41) is 31.0. The molecule has 0 saturated heterocycles. The first-order valence-electron chi connectivity index (χ1n) is 10.6. The van der Waals surface area contributed by atoms with Gasteiger partial charge in [-0.25, -0.2) is 0 Å². The maximum Gasteiger partial charge on any atom is 0.119 e. The van der Waals surface area contributed by atoms with Crippen molar-refractivity contribution in [3.63, 3.8) is 0 Å². The molecule has 0 spiro atoms. The zero-order valence-corrected chi connectivity index (χ0v) is 16.9. The molecular weight excluding hydrogens is 364 g/mol. The van der Waals surface area contributed by atoms with Crippen LogP contribution in [0.2, 0.25) is 0 Å². The molecule has 29 heavy (non-hydrogen) atoms. The zero-order chi connectivity index (χ0) is 20.5. The Morgan fingerprint density at radius 2 is 1.66 bits per heavy atom. The normalized spacial score (nSPS) is 23.4. The quantitative estimate of drug-likeness (QED) is 0.397. The molecule has 3 rings (SSSR count). The Kier molecular flexibility index (Phi) is 7.87. The molecular formula is C25H32O4. The van der Waals surface area contributed by atoms with Crippen LogP contribution in [-0.4, -0.2) is 40.2 Å². The van der Waals surface area contributed by atoms with Crippen molar-refractivity contribution in [1.82, 2.24) is 0 Å². The standard InChI is InChI=1S/C25H32O4/c26-18-8-6-11-20-10-4-5-14-22(20)24-23(27)15-17-25(24,28)16-7-9-19-29-21-12-2-1-3-13-21/h1-5,10,12-15,17,23-24,26-28H,6-9,11,16,18-19H2/t23-,24+,25-/m1/s1. The third-order valence-corrected chi connectivity index (χ3v) is 5.69. The van der Waals surface area contributed by atoms with Gasteiger partial charge in [0.2, 0.25) is 0 Å². The summed E-state index contributed by atoms with van der Waals surface area (Å²) in [7, 11) is 0. The minimum Gasteiger partial charge on any atom is -0.494 e. The fourth-order valence-electron chi connectivity index (χ4n) is 4.18. The van der Waals surface area contributed by atoms with E-state index in [0.29, 0.717) is 13.0 Å². The van der Waals surface area contributed by atoms with Crippen molar-refractivity contribution in [2.75, 3.05) is 13.2 Å². The van der Waals surface area contributed by atoms with E-state index in [9.17, 15) is 10.2 Å². The zero-order valence-electron chi connectivity index (χ0n) is 16.9. The molecule has 2 aromatic rings. The van der Waals surface area contributed by atoms with Gasteiger partial charge in [0.25, 0.3) is 0 Å². The van der Waals surface area contributed by atoms with Gasteiger partial charge in [0.1, 0.15) is 5.75 Å². The summed E-state index contributed by atoms with van der Waals surface area (Å²) in [6.07, 6.45) is 7.50. The van der Waals surface area contributed by atoms with Crippen LogP contribution in [-0.2, 0) is 6.42 Å². The van der Waals surface area contributed by atoms with Gasteiger partial charge in [0.15, 0.2) is 0 Å². The second-order valence-electron chi connectivity index (χ2n) is 7.82. The molecule has 3 N–H and O–H groups in total. The highest BCUT2D eigenvalue weighted by atomic mass is 16.5. The lowest BCUT2D eigenvalue weighted by atomic mass is 9.78. The maximum atomic E-state index is 11.4. The first-order valence-corrected chi connectivity index (χ1v) is 10.6. The number of aryl methyl sites for hydroxylation is 1. The van der Waals surface area contributed by atoms with E-state index < -0.39 is 11.7 Å². The highest BCUT2D eigenvalue weighted by Gasteiger charge is 2.43. The van der Waals surface area contributed by atoms with Crippen LogP contribution in [0, 0.1) is 0 Å². The van der Waals surface area contributed by atoms with Crippen LogP contribution in [0.4, 0.5) is 0 Å². The van der Waals surface area contributed by atoms with Crippen LogP contribution in [0.25, 0.3) is 0 Å². The number of rotatable bonds is 11. The van der Waals surface area contributed by atoms with Gasteiger partial charge in [-0.2, -0.15) is 0 Å². The minimum atomic E-state index is -1.06. The molecule has 1 aliphatic carbocycles. The van der Waals surface area contributed by atoms with Gasteiger partial charge in [-0.1, -0.05) is 54.6 Å². The van der Waals surface area contributed by atoms with Crippen LogP contribution < -0.4 is 4.74 Å². The molecule has 0 saturated carbocycles. The Morgan fingerprint density at radius 3 is 2.45 bits per heavy atom. The molecule has 0 bridgehead atoms. The number of aliphatic hydroxyl groups excluding tert-OH is 2. The van der Waals surface area contributed by atoms with Gasteiger partial charge in [0, 0.05) is 12.5 Å². The van der Waals surface area contributed by atoms with Crippen molar-refractivity contribution in [3.05, 3.63) is 77.9 Å². The van der Waals surface area contributed by atoms with Crippen molar-refractivity contribution in [2.45, 2.75) is 56.1 Å². The minimum absolute atomic E-state index is 0.185. The van der Waals surface area contributed by atoms with E-state index >= 15 is 0 Å². The summed E-state index contributed by atoms with van der Waals surface area (Å²) < 4.78 is 5.74. The summed E-state index contributed by atoms with van der Waals surface area (Å²) in [6, 6.07) is 17.8. The van der Waals surface area contributed by atoms with Gasteiger partial charge in [-0.15, -0.1) is 0 Å². The molecule has 156 valence electrons. The second-order valence-corrected chi connectivity index (χ2v) is 7.82. The number of benzene rings is 2. The predicted molar refractivity (Wildman–Crippen MR) is 115 cm³/mol. The third kappa shape index (κ3) is 5.69. The Labute approximate surface area is 173 Å². The Bertz CT molecular complexity index is 773. The van der Waals surface area contributed by atoms with Crippen LogP contribution in [0.1, 0.15) is 49.1 Å². The number of hydrogen-bond donors (Lipinski definition) is 3. The van der Waals surface area contributed by atoms with E-state index in [-0.39, 0.29) is 12.5 Å². The predicted octanol–water partition coefficient (Wildman–Crippen LogP) is 4.00. The van der Waals surface area contributed by atoms with Crippen LogP contribution in [0.3, 0.4) is 0 Å². The molecule has 2 aromatic carbocycles. The van der Waals surface area contributed by atoms with Crippen molar-refractivity contribution >= 4 is 0 Å². The Morgan fingerprint density at radius 1 is 0.897 bits per heavy atom. The SMILES string of the molecule is OCCCCc1ccccc1[C@H]1[C@H](O)C=C[C@]1(O)CCCCOc1ccccc1. The fourth-order valence-corrected chi connectivity index (χ4v) is 4.18. The summed E-state index contributed by atoms with van der Waals surface area (Å²) in [5.41, 5.74) is 1.09. The van der Waals surface area contributed by atoms with E-state index in [0.717, 1.165) is 49.0 Å². The molecule has 0 amide bonds. The first-order chi connectivity index (χ1) is 14.1. The molecule has 0 radical (unpaired) electrons. The number of hydrogen-bond acceptors (Lipinski definition) is 4. The van der Waals surface area contributed by atoms with Gasteiger partial charge in [0.05, 0.1) is 18.3 Å². The van der Waals surface area contributed by atoms with E-state index in [1.54, 1.807) is 12.2 Å². The summed E-state index contributed by atoms with van der Waals surface area (Å²) >= 11 is 0. The van der Waals surface area contributed by atoms with Crippen molar-refractivity contribution < 1.29 is 20.1 Å². The monoisotopic (exact) mass is 396 g/mol. The summed E-state index contributed by atoms with van der Waals surface area (Å²) in [4.78, 5) is 0. The topological polar surface area (TPSA) is 69.9 Å². The van der Waals surface area contributed by atoms with Gasteiger partial charge < -0.3 is 20.1 Å². The molecule has 1 aliphatic rings. The molecule has 0 fully saturated rings. The van der Waals surface area contributed by atoms with Crippen molar-refractivity contribution in [1.29, 1.82) is 0 Å². The molecule has 0 unspecified atom stereocenters. The number of para-hydroxylation sites is 1. The molecule has 4 nitrogen and oxygen atoms in total. The molecule has 4 heteroatoms. The average molecular weight is 397 g/mol. The van der Waals surface area contributed by atoms with Crippen LogP contribution in [0.5, 0.6) is 5.75 Å². The van der Waals surface area contributed by atoms with Crippen LogP contribution >= 0.6 is 0 Å². The lowest BCUT2D eigenvalue weighted by molar-refractivity contribution is 0.0223. The molecule has 3 atom stereocenters. The van der Waals surface area contributed by atoms with E-state index in [1.165, 1.54) is 0 Å². The highest BCUT2D eigenvalue weighted by molar-refractivity contribution is 5.39. The molecule has 0 aliphatic heterocycles. The number of unbranched alkanes of at least 4 members (excludes halogenated alkanes) is 2. The van der Waals surface area contributed by atoms with Gasteiger partial charge in [-0.3, -0.25) is 0 Å². The summed E-state index contributed by atoms with van der Waals surface area (Å²) in [5.74, 6) is 0.500. The average Bonchev–Trinajstić information content (AvgIpc) is 3.03. The number of aliphatic hydroxyl groups is 3. The lowest BCUT2D eigenvalue weighted by Crippen LogP contribution is -2.36. The van der Waals surface area contributed by atoms with E-state index in [2.05, 4.69) is 6.07 Å². The lowest BCUT2D eigenvalue weighted by Gasteiger charge is -2.33. The molecule has 0 heterocycles. The smallest absolute Gasteiger partial charge is 0.119 e.